The molecule has 1 fully saturated rings. The molecule has 2 rings (SSSR count). The lowest BCUT2D eigenvalue weighted by Gasteiger charge is -2.40. The number of benzene rings is 1. The Morgan fingerprint density at radius 1 is 1.47 bits per heavy atom. The molecule has 0 heterocycles. The Morgan fingerprint density at radius 2 is 2.21 bits per heavy atom. The van der Waals surface area contributed by atoms with Gasteiger partial charge in [0.05, 0.1) is 0 Å². The van der Waals surface area contributed by atoms with Crippen LogP contribution in [0.1, 0.15) is 44.2 Å². The standard InChI is InChI=1S/C15H23BrN2O/c1-11(17)14-10-12(16)6-7-15(14)18(8-3-9-19)13-4-2-5-13/h6-7,10-11,13,19H,2-5,8-9,17H2,1H3. The topological polar surface area (TPSA) is 49.5 Å². The lowest BCUT2D eigenvalue weighted by atomic mass is 9.90. The van der Waals surface area contributed by atoms with Gasteiger partial charge in [0.25, 0.3) is 0 Å². The number of aliphatic hydroxyl groups is 1. The predicted octanol–water partition coefficient (Wildman–Crippen LogP) is 3.21. The van der Waals surface area contributed by atoms with E-state index in [2.05, 4.69) is 39.0 Å². The Morgan fingerprint density at radius 3 is 2.74 bits per heavy atom. The number of anilines is 1. The number of nitrogens with zero attached hydrogens (tertiary/aromatic N) is 1. The first-order valence-corrected chi connectivity index (χ1v) is 7.85. The molecule has 106 valence electrons. The van der Waals surface area contributed by atoms with Gasteiger partial charge in [-0.2, -0.15) is 0 Å². The van der Waals surface area contributed by atoms with Crippen LogP contribution in [0.25, 0.3) is 0 Å². The smallest absolute Gasteiger partial charge is 0.0447 e. The second-order valence-corrected chi connectivity index (χ2v) is 6.26. The molecular weight excluding hydrogens is 304 g/mol. The van der Waals surface area contributed by atoms with Crippen LogP contribution in [0.5, 0.6) is 0 Å². The monoisotopic (exact) mass is 326 g/mol. The summed E-state index contributed by atoms with van der Waals surface area (Å²) in [4.78, 5) is 2.44. The molecule has 1 atom stereocenters. The Labute approximate surface area is 123 Å². The third-order valence-corrected chi connectivity index (χ3v) is 4.36. The van der Waals surface area contributed by atoms with Crippen molar-refractivity contribution in [3.63, 3.8) is 0 Å². The number of rotatable bonds is 6. The molecule has 3 N–H and O–H groups in total. The van der Waals surface area contributed by atoms with Crippen molar-refractivity contribution in [1.82, 2.24) is 0 Å². The molecule has 1 aliphatic rings. The summed E-state index contributed by atoms with van der Waals surface area (Å²) in [5.41, 5.74) is 8.53. The number of aliphatic hydroxyl groups excluding tert-OH is 1. The van der Waals surface area contributed by atoms with Gasteiger partial charge >= 0.3 is 0 Å². The molecule has 4 heteroatoms. The van der Waals surface area contributed by atoms with Gasteiger partial charge in [-0.05, 0) is 56.4 Å². The summed E-state index contributed by atoms with van der Waals surface area (Å²) in [6.45, 7) is 3.17. The molecule has 1 aromatic rings. The maximum atomic E-state index is 9.10. The Bertz CT molecular complexity index is 419. The fraction of sp³-hybridized carbons (Fsp3) is 0.600. The number of hydrogen-bond donors (Lipinski definition) is 2. The molecule has 0 spiro atoms. The van der Waals surface area contributed by atoms with E-state index >= 15 is 0 Å². The Kier molecular flexibility index (Phi) is 5.25. The highest BCUT2D eigenvalue weighted by Crippen LogP contribution is 2.35. The first kappa shape index (κ1) is 14.8. The van der Waals surface area contributed by atoms with Crippen LogP contribution in [-0.4, -0.2) is 24.3 Å². The highest BCUT2D eigenvalue weighted by Gasteiger charge is 2.26. The number of nitrogens with two attached hydrogens (primary N) is 1. The molecule has 1 aliphatic carbocycles. The molecule has 0 radical (unpaired) electrons. The molecule has 0 aliphatic heterocycles. The normalized spacial score (nSPS) is 17.1. The number of hydrogen-bond acceptors (Lipinski definition) is 3. The van der Waals surface area contributed by atoms with E-state index in [0.717, 1.165) is 17.4 Å². The van der Waals surface area contributed by atoms with Crippen LogP contribution in [0.2, 0.25) is 0 Å². The molecule has 1 aromatic carbocycles. The van der Waals surface area contributed by atoms with Crippen LogP contribution in [0.15, 0.2) is 22.7 Å². The highest BCUT2D eigenvalue weighted by atomic mass is 79.9. The zero-order valence-electron chi connectivity index (χ0n) is 11.5. The van der Waals surface area contributed by atoms with Crippen LogP contribution in [0, 0.1) is 0 Å². The van der Waals surface area contributed by atoms with Gasteiger partial charge in [-0.1, -0.05) is 15.9 Å². The summed E-state index contributed by atoms with van der Waals surface area (Å²) >= 11 is 3.52. The minimum Gasteiger partial charge on any atom is -0.396 e. The van der Waals surface area contributed by atoms with Crippen molar-refractivity contribution in [2.45, 2.75) is 44.7 Å². The van der Waals surface area contributed by atoms with Crippen molar-refractivity contribution in [3.05, 3.63) is 28.2 Å². The summed E-state index contributed by atoms with van der Waals surface area (Å²) in [5.74, 6) is 0. The second kappa shape index (κ2) is 6.73. The van der Waals surface area contributed by atoms with E-state index in [0.29, 0.717) is 6.04 Å². The zero-order chi connectivity index (χ0) is 13.8. The maximum absolute atomic E-state index is 9.10. The summed E-state index contributed by atoms with van der Waals surface area (Å²) in [6, 6.07) is 6.98. The summed E-state index contributed by atoms with van der Waals surface area (Å²) in [6.07, 6.45) is 4.62. The molecular formula is C15H23BrN2O. The molecule has 0 bridgehead atoms. The van der Waals surface area contributed by atoms with E-state index in [4.69, 9.17) is 10.8 Å². The van der Waals surface area contributed by atoms with Gasteiger partial charge in [-0.3, -0.25) is 0 Å². The number of halogens is 1. The van der Waals surface area contributed by atoms with Crippen LogP contribution in [-0.2, 0) is 0 Å². The quantitative estimate of drug-likeness (QED) is 0.843. The van der Waals surface area contributed by atoms with E-state index in [1.165, 1.54) is 30.5 Å². The summed E-state index contributed by atoms with van der Waals surface area (Å²) < 4.78 is 1.07. The average molecular weight is 327 g/mol. The van der Waals surface area contributed by atoms with E-state index in [-0.39, 0.29) is 12.6 Å². The lowest BCUT2D eigenvalue weighted by Crippen LogP contribution is -2.42. The fourth-order valence-electron chi connectivity index (χ4n) is 2.59. The van der Waals surface area contributed by atoms with Crippen molar-refractivity contribution in [2.24, 2.45) is 5.73 Å². The molecule has 1 saturated carbocycles. The van der Waals surface area contributed by atoms with Crippen LogP contribution >= 0.6 is 15.9 Å². The lowest BCUT2D eigenvalue weighted by molar-refractivity contribution is 0.283. The molecule has 3 nitrogen and oxygen atoms in total. The van der Waals surface area contributed by atoms with E-state index in [9.17, 15) is 0 Å². The molecule has 0 amide bonds. The van der Waals surface area contributed by atoms with Crippen LogP contribution in [0.3, 0.4) is 0 Å². The van der Waals surface area contributed by atoms with Crippen LogP contribution < -0.4 is 10.6 Å². The van der Waals surface area contributed by atoms with Crippen molar-refractivity contribution in [3.8, 4) is 0 Å². The third kappa shape index (κ3) is 3.50. The van der Waals surface area contributed by atoms with Gasteiger partial charge in [0.1, 0.15) is 0 Å². The molecule has 19 heavy (non-hydrogen) atoms. The zero-order valence-corrected chi connectivity index (χ0v) is 13.1. The van der Waals surface area contributed by atoms with Crippen molar-refractivity contribution in [1.29, 1.82) is 0 Å². The minimum absolute atomic E-state index is 0.0178. The van der Waals surface area contributed by atoms with Crippen LogP contribution in [0.4, 0.5) is 5.69 Å². The average Bonchev–Trinajstić information content (AvgIpc) is 2.32. The highest BCUT2D eigenvalue weighted by molar-refractivity contribution is 9.10. The Hall–Kier alpha value is -0.580. The van der Waals surface area contributed by atoms with E-state index in [1.54, 1.807) is 0 Å². The molecule has 1 unspecified atom stereocenters. The summed E-state index contributed by atoms with van der Waals surface area (Å²) in [5, 5.41) is 9.10. The SMILES string of the molecule is CC(N)c1cc(Br)ccc1N(CCCO)C1CCC1. The summed E-state index contributed by atoms with van der Waals surface area (Å²) in [7, 11) is 0. The van der Waals surface area contributed by atoms with E-state index < -0.39 is 0 Å². The second-order valence-electron chi connectivity index (χ2n) is 5.35. The van der Waals surface area contributed by atoms with Gasteiger partial charge in [0.2, 0.25) is 0 Å². The minimum atomic E-state index is 0.0178. The van der Waals surface area contributed by atoms with E-state index in [1.807, 2.05) is 6.92 Å². The maximum Gasteiger partial charge on any atom is 0.0447 e. The first-order valence-electron chi connectivity index (χ1n) is 7.06. The van der Waals surface area contributed by atoms with Gasteiger partial charge in [0, 0.05) is 35.4 Å². The largest absolute Gasteiger partial charge is 0.396 e. The third-order valence-electron chi connectivity index (χ3n) is 3.86. The van der Waals surface area contributed by atoms with Gasteiger partial charge in [0.15, 0.2) is 0 Å². The van der Waals surface area contributed by atoms with Gasteiger partial charge < -0.3 is 15.7 Å². The van der Waals surface area contributed by atoms with Gasteiger partial charge in [-0.25, -0.2) is 0 Å². The molecule has 0 saturated heterocycles. The van der Waals surface area contributed by atoms with Crippen molar-refractivity contribution in [2.75, 3.05) is 18.1 Å². The fourth-order valence-corrected chi connectivity index (χ4v) is 2.97. The Balaban J connectivity index is 2.28. The van der Waals surface area contributed by atoms with Crippen molar-refractivity contribution < 1.29 is 5.11 Å². The van der Waals surface area contributed by atoms with Gasteiger partial charge in [-0.15, -0.1) is 0 Å². The predicted molar refractivity (Wildman–Crippen MR) is 83.4 cm³/mol. The van der Waals surface area contributed by atoms with Crippen molar-refractivity contribution >= 4 is 21.6 Å². The first-order chi connectivity index (χ1) is 9.13. The molecule has 0 aromatic heterocycles.